The lowest BCUT2D eigenvalue weighted by Crippen LogP contribution is -2.54. The second kappa shape index (κ2) is 7.75. The number of nitriles is 1. The van der Waals surface area contributed by atoms with E-state index in [0.29, 0.717) is 18.2 Å². The number of fused-ring (bicyclic) bond motifs is 1. The Labute approximate surface area is 182 Å². The van der Waals surface area contributed by atoms with Crippen molar-refractivity contribution < 1.29 is 0 Å². The second-order valence-electron chi connectivity index (χ2n) is 10.6. The standard InChI is InChI=1S/C24H36BN5/c1-18(2)29-11-6-23-22(16-29)19(3)27-30(23)20-4-7-24(8-5-20)14-21(15-24)28-12-9-25(17-26)10-13-28/h20-21H,1,4-16H2,2-3H3. The van der Waals surface area contributed by atoms with E-state index in [1.165, 1.54) is 61.2 Å². The molecular weight excluding hydrogens is 369 g/mol. The van der Waals surface area contributed by atoms with Crippen molar-refractivity contribution in [3.63, 3.8) is 0 Å². The van der Waals surface area contributed by atoms with Crippen LogP contribution in [0.3, 0.4) is 0 Å². The summed E-state index contributed by atoms with van der Waals surface area (Å²) >= 11 is 0. The van der Waals surface area contributed by atoms with Crippen LogP contribution in [0.5, 0.6) is 0 Å². The maximum Gasteiger partial charge on any atom is 0.270 e. The Morgan fingerprint density at radius 3 is 2.50 bits per heavy atom. The zero-order valence-electron chi connectivity index (χ0n) is 18.9. The molecule has 160 valence electrons. The maximum absolute atomic E-state index is 9.14. The Morgan fingerprint density at radius 2 is 1.87 bits per heavy atom. The minimum absolute atomic E-state index is 0.302. The monoisotopic (exact) mass is 405 g/mol. The van der Waals surface area contributed by atoms with Crippen LogP contribution in [0.25, 0.3) is 0 Å². The van der Waals surface area contributed by atoms with Crippen LogP contribution in [0.2, 0.25) is 12.6 Å². The van der Waals surface area contributed by atoms with Gasteiger partial charge in [-0.15, -0.1) is 0 Å². The predicted octanol–water partition coefficient (Wildman–Crippen LogP) is 4.22. The molecule has 0 unspecified atom stereocenters. The molecule has 3 fully saturated rings. The van der Waals surface area contributed by atoms with E-state index in [-0.39, 0.29) is 0 Å². The third-order valence-electron chi connectivity index (χ3n) is 8.75. The zero-order chi connectivity index (χ0) is 20.9. The van der Waals surface area contributed by atoms with Crippen molar-refractivity contribution in [2.75, 3.05) is 19.6 Å². The molecule has 0 aromatic carbocycles. The van der Waals surface area contributed by atoms with Gasteiger partial charge < -0.3 is 9.80 Å². The third kappa shape index (κ3) is 3.49. The molecule has 1 aromatic heterocycles. The first kappa shape index (κ1) is 20.2. The number of aryl methyl sites for hydroxylation is 1. The van der Waals surface area contributed by atoms with Gasteiger partial charge in [-0.1, -0.05) is 6.58 Å². The van der Waals surface area contributed by atoms with Gasteiger partial charge in [0.1, 0.15) is 0 Å². The molecule has 2 aliphatic heterocycles. The van der Waals surface area contributed by atoms with Gasteiger partial charge in [-0.05, 0) is 83.5 Å². The van der Waals surface area contributed by atoms with Gasteiger partial charge in [-0.2, -0.15) is 5.10 Å². The molecule has 5 nitrogen and oxygen atoms in total. The first-order valence-electron chi connectivity index (χ1n) is 12.1. The van der Waals surface area contributed by atoms with E-state index < -0.39 is 0 Å². The van der Waals surface area contributed by atoms with Crippen molar-refractivity contribution in [3.05, 3.63) is 29.2 Å². The molecule has 1 spiro atoms. The maximum atomic E-state index is 9.14. The predicted molar refractivity (Wildman–Crippen MR) is 121 cm³/mol. The summed E-state index contributed by atoms with van der Waals surface area (Å²) in [5.74, 6) is 2.47. The van der Waals surface area contributed by atoms with Crippen LogP contribution in [-0.4, -0.2) is 52.0 Å². The normalized spacial score (nSPS) is 31.9. The van der Waals surface area contributed by atoms with Gasteiger partial charge in [0.25, 0.3) is 6.71 Å². The minimum Gasteiger partial charge on any atom is -0.371 e. The van der Waals surface area contributed by atoms with Crippen molar-refractivity contribution in [1.82, 2.24) is 19.6 Å². The number of hydrogen-bond donors (Lipinski definition) is 0. The summed E-state index contributed by atoms with van der Waals surface area (Å²) in [6.45, 7) is 13.1. The van der Waals surface area contributed by atoms with Gasteiger partial charge >= 0.3 is 0 Å². The van der Waals surface area contributed by atoms with E-state index in [1.54, 1.807) is 0 Å². The molecule has 1 aromatic rings. The number of rotatable bonds is 3. The Bertz CT molecular complexity index is 844. The van der Waals surface area contributed by atoms with Gasteiger partial charge in [-0.3, -0.25) is 4.68 Å². The van der Waals surface area contributed by atoms with Crippen LogP contribution in [-0.2, 0) is 13.0 Å². The number of aromatic nitrogens is 2. The number of hydrogen-bond acceptors (Lipinski definition) is 4. The quantitative estimate of drug-likeness (QED) is 0.707. The molecule has 2 saturated carbocycles. The Kier molecular flexibility index (Phi) is 5.21. The molecule has 1 saturated heterocycles. The lowest BCUT2D eigenvalue weighted by molar-refractivity contribution is -0.0322. The fraction of sp³-hybridized carbons (Fsp3) is 0.750. The molecule has 2 aliphatic carbocycles. The molecular formula is C24H36BN5. The van der Waals surface area contributed by atoms with Crippen LogP contribution >= 0.6 is 0 Å². The first-order valence-corrected chi connectivity index (χ1v) is 12.1. The SMILES string of the molecule is C=C(C)N1CCc2c(c(C)nn2C2CCC3(CC2)CC(N2CCB(C#N)CC2)C3)C1. The highest BCUT2D eigenvalue weighted by atomic mass is 15.3. The molecule has 0 bridgehead atoms. The van der Waals surface area contributed by atoms with E-state index in [9.17, 15) is 0 Å². The smallest absolute Gasteiger partial charge is 0.270 e. The van der Waals surface area contributed by atoms with E-state index >= 15 is 0 Å². The summed E-state index contributed by atoms with van der Waals surface area (Å²) in [7, 11) is 0. The average Bonchev–Trinajstić information content (AvgIpc) is 3.08. The molecule has 0 amide bonds. The minimum atomic E-state index is 0.302. The van der Waals surface area contributed by atoms with Crippen LogP contribution in [0.15, 0.2) is 12.3 Å². The highest BCUT2D eigenvalue weighted by molar-refractivity contribution is 6.67. The van der Waals surface area contributed by atoms with Crippen molar-refractivity contribution in [2.45, 2.75) is 90.1 Å². The largest absolute Gasteiger partial charge is 0.371 e. The van der Waals surface area contributed by atoms with Crippen molar-refractivity contribution >= 4 is 6.71 Å². The van der Waals surface area contributed by atoms with Crippen LogP contribution < -0.4 is 0 Å². The van der Waals surface area contributed by atoms with E-state index in [0.717, 1.165) is 51.3 Å². The van der Waals surface area contributed by atoms with Gasteiger partial charge in [0.15, 0.2) is 0 Å². The van der Waals surface area contributed by atoms with Gasteiger partial charge in [0.05, 0.1) is 11.7 Å². The zero-order valence-corrected chi connectivity index (χ0v) is 18.9. The molecule has 0 radical (unpaired) electrons. The summed E-state index contributed by atoms with van der Waals surface area (Å²) in [6.07, 6.45) is 11.4. The van der Waals surface area contributed by atoms with Crippen molar-refractivity contribution in [1.29, 1.82) is 5.26 Å². The van der Waals surface area contributed by atoms with Gasteiger partial charge in [0.2, 0.25) is 0 Å². The Balaban J connectivity index is 1.18. The lowest BCUT2D eigenvalue weighted by atomic mass is 9.45. The first-order chi connectivity index (χ1) is 14.5. The Morgan fingerprint density at radius 1 is 1.17 bits per heavy atom. The summed E-state index contributed by atoms with van der Waals surface area (Å²) in [4.78, 5) is 5.08. The van der Waals surface area contributed by atoms with Crippen LogP contribution in [0.1, 0.15) is 68.4 Å². The van der Waals surface area contributed by atoms with E-state index in [2.05, 4.69) is 40.9 Å². The highest BCUT2D eigenvalue weighted by Gasteiger charge is 2.48. The molecule has 5 rings (SSSR count). The van der Waals surface area contributed by atoms with Gasteiger partial charge in [0, 0.05) is 48.5 Å². The second-order valence-corrected chi connectivity index (χ2v) is 10.6. The molecule has 6 heteroatoms. The van der Waals surface area contributed by atoms with Gasteiger partial charge in [-0.25, -0.2) is 5.26 Å². The fourth-order valence-electron chi connectivity index (χ4n) is 6.70. The van der Waals surface area contributed by atoms with E-state index in [4.69, 9.17) is 10.4 Å². The van der Waals surface area contributed by atoms with Crippen molar-refractivity contribution in [2.24, 2.45) is 5.41 Å². The summed E-state index contributed by atoms with van der Waals surface area (Å²) in [6, 6.07) is 1.38. The number of allylic oxidation sites excluding steroid dienone is 1. The average molecular weight is 405 g/mol. The Hall–Kier alpha value is -1.74. The molecule has 4 aliphatic rings. The summed E-state index contributed by atoms with van der Waals surface area (Å²) in [5.41, 5.74) is 5.95. The highest BCUT2D eigenvalue weighted by Crippen LogP contribution is 2.55. The summed E-state index contributed by atoms with van der Waals surface area (Å²) < 4.78 is 2.43. The lowest BCUT2D eigenvalue weighted by Gasteiger charge is -2.55. The van der Waals surface area contributed by atoms with Crippen molar-refractivity contribution in [3.8, 4) is 5.97 Å². The van der Waals surface area contributed by atoms with E-state index in [1.807, 2.05) is 0 Å². The van der Waals surface area contributed by atoms with Crippen LogP contribution in [0, 0.1) is 23.6 Å². The third-order valence-corrected chi connectivity index (χ3v) is 8.75. The molecule has 3 heterocycles. The summed E-state index contributed by atoms with van der Waals surface area (Å²) in [5, 5.41) is 14.2. The fourth-order valence-corrected chi connectivity index (χ4v) is 6.70. The topological polar surface area (TPSA) is 48.1 Å². The molecule has 0 atom stereocenters. The van der Waals surface area contributed by atoms with Crippen LogP contribution in [0.4, 0.5) is 0 Å². The molecule has 30 heavy (non-hydrogen) atoms. The number of nitrogens with zero attached hydrogens (tertiary/aromatic N) is 5. The molecule has 0 N–H and O–H groups in total.